The first-order valence-corrected chi connectivity index (χ1v) is 15.2. The molecule has 0 aromatic heterocycles. The van der Waals surface area contributed by atoms with E-state index >= 15 is 0 Å². The maximum absolute atomic E-state index is 2.58. The van der Waals surface area contributed by atoms with Crippen LogP contribution in [0.2, 0.25) is 0 Å². The van der Waals surface area contributed by atoms with E-state index in [1.807, 2.05) is 0 Å². The number of allylic oxidation sites excluding steroid dienone is 4. The Hall–Kier alpha value is -1.30. The Bertz CT molecular complexity index is 827. The third kappa shape index (κ3) is 7.17. The molecule has 3 rings (SSSR count). The van der Waals surface area contributed by atoms with Gasteiger partial charge in [0.25, 0.3) is 0 Å². The molecule has 203 valence electrons. The van der Waals surface area contributed by atoms with Crippen LogP contribution in [0.1, 0.15) is 132 Å². The van der Waals surface area contributed by atoms with Crippen LogP contribution in [0, 0.1) is 41.4 Å². The van der Waals surface area contributed by atoms with Crippen molar-refractivity contribution in [1.29, 1.82) is 0 Å². The molecule has 4 unspecified atom stereocenters. The molecule has 1 saturated carbocycles. The molecule has 7 atom stereocenters. The van der Waals surface area contributed by atoms with Crippen LogP contribution < -0.4 is 0 Å². The van der Waals surface area contributed by atoms with Gasteiger partial charge in [-0.05, 0) is 96.7 Å². The molecule has 0 saturated heterocycles. The van der Waals surface area contributed by atoms with Crippen molar-refractivity contribution in [3.63, 3.8) is 0 Å². The normalized spacial score (nSPS) is 27.1. The van der Waals surface area contributed by atoms with Crippen molar-refractivity contribution in [3.8, 4) is 0 Å². The Morgan fingerprint density at radius 3 is 2.03 bits per heavy atom. The molecule has 1 aromatic rings. The molecular weight excluding hydrogens is 432 g/mol. The highest BCUT2D eigenvalue weighted by Gasteiger charge is 2.36. The van der Waals surface area contributed by atoms with Crippen molar-refractivity contribution in [2.75, 3.05) is 0 Å². The molecule has 0 amide bonds. The second-order valence-corrected chi connectivity index (χ2v) is 12.3. The van der Waals surface area contributed by atoms with Gasteiger partial charge in [-0.3, -0.25) is 0 Å². The molecule has 2 aliphatic rings. The van der Waals surface area contributed by atoms with E-state index in [1.54, 1.807) is 22.6 Å². The lowest BCUT2D eigenvalue weighted by Crippen LogP contribution is -2.18. The molecule has 1 aromatic carbocycles. The highest BCUT2D eigenvalue weighted by atomic mass is 14.4. The maximum Gasteiger partial charge on any atom is 0.0265 e. The minimum atomic E-state index is 0. The fourth-order valence-corrected chi connectivity index (χ4v) is 7.70. The van der Waals surface area contributed by atoms with E-state index in [-0.39, 0.29) is 7.43 Å². The SMILES string of the molecule is C.CCC1=C[C](C(C)C(CCC[C@H](C)CC[C@H]2C(C)C[C@@H](C)C2C)c2ccccc2)C(CC)=C1CC. The first-order valence-electron chi connectivity index (χ1n) is 15.2. The van der Waals surface area contributed by atoms with Gasteiger partial charge in [-0.25, -0.2) is 0 Å². The van der Waals surface area contributed by atoms with E-state index in [1.165, 1.54) is 50.5 Å². The molecule has 0 bridgehead atoms. The second kappa shape index (κ2) is 14.6. The van der Waals surface area contributed by atoms with Gasteiger partial charge in [0.1, 0.15) is 0 Å². The molecule has 2 aliphatic carbocycles. The van der Waals surface area contributed by atoms with Crippen molar-refractivity contribution in [3.05, 3.63) is 64.6 Å². The summed E-state index contributed by atoms with van der Waals surface area (Å²) >= 11 is 0. The predicted molar refractivity (Wildman–Crippen MR) is 162 cm³/mol. The van der Waals surface area contributed by atoms with Gasteiger partial charge in [-0.2, -0.15) is 0 Å². The van der Waals surface area contributed by atoms with Crippen LogP contribution in [0.5, 0.6) is 0 Å². The lowest BCUT2D eigenvalue weighted by Gasteiger charge is -2.30. The average Bonchev–Trinajstić information content (AvgIpc) is 3.35. The monoisotopic (exact) mass is 491 g/mol. The van der Waals surface area contributed by atoms with Gasteiger partial charge in [0, 0.05) is 5.92 Å². The van der Waals surface area contributed by atoms with Gasteiger partial charge in [0.15, 0.2) is 0 Å². The quantitative estimate of drug-likeness (QED) is 0.257. The van der Waals surface area contributed by atoms with Crippen LogP contribution >= 0.6 is 0 Å². The Kier molecular flexibility index (Phi) is 12.5. The van der Waals surface area contributed by atoms with Gasteiger partial charge in [0.05, 0.1) is 0 Å². The molecule has 0 heteroatoms. The van der Waals surface area contributed by atoms with Crippen LogP contribution in [0.25, 0.3) is 0 Å². The Morgan fingerprint density at radius 2 is 1.47 bits per heavy atom. The zero-order valence-corrected chi connectivity index (χ0v) is 24.4. The van der Waals surface area contributed by atoms with Gasteiger partial charge in [-0.15, -0.1) is 0 Å². The Morgan fingerprint density at radius 1 is 0.806 bits per heavy atom. The smallest absolute Gasteiger partial charge is 0.0265 e. The lowest BCUT2D eigenvalue weighted by molar-refractivity contribution is 0.274. The summed E-state index contributed by atoms with van der Waals surface area (Å²) in [6, 6.07) is 11.4. The average molecular weight is 492 g/mol. The molecule has 36 heavy (non-hydrogen) atoms. The van der Waals surface area contributed by atoms with Crippen molar-refractivity contribution >= 4 is 0 Å². The number of benzene rings is 1. The summed E-state index contributed by atoms with van der Waals surface area (Å²) in [5.74, 6) is 7.39. The Balaban J connectivity index is 0.00000456. The van der Waals surface area contributed by atoms with Crippen LogP contribution in [-0.4, -0.2) is 0 Å². The van der Waals surface area contributed by atoms with E-state index in [9.17, 15) is 0 Å². The molecular formula is C36H59. The van der Waals surface area contributed by atoms with Gasteiger partial charge in [-0.1, -0.05) is 124 Å². The standard InChI is InChI=1S/C35H55.CH4/c1-9-29-23-35(32(11-3)31(29)10-2)28(8)34(30-17-13-12-14-18-30)19-15-16-24(4)20-21-33-26(6)22-25(5)27(33)7;/h12-14,17-18,23-28,33-34H,9-11,15-16,19-22H2,1-8H3;1H4/t24-,25+,26?,27?,28?,33-,34?;/m0./s1. The minimum Gasteiger partial charge on any atom is -0.0776 e. The summed E-state index contributed by atoms with van der Waals surface area (Å²) in [7, 11) is 0. The third-order valence-corrected chi connectivity index (χ3v) is 10.1. The maximum atomic E-state index is 2.58. The Labute approximate surface area is 226 Å². The number of rotatable bonds is 13. The fraction of sp³-hybridized carbons (Fsp3) is 0.694. The topological polar surface area (TPSA) is 0 Å². The highest BCUT2D eigenvalue weighted by molar-refractivity contribution is 5.55. The summed E-state index contributed by atoms with van der Waals surface area (Å²) in [6.45, 7) is 19.5. The predicted octanol–water partition coefficient (Wildman–Crippen LogP) is 11.6. The minimum absolute atomic E-state index is 0. The molecule has 0 spiro atoms. The van der Waals surface area contributed by atoms with E-state index in [0.29, 0.717) is 11.8 Å². The summed E-state index contributed by atoms with van der Waals surface area (Å²) < 4.78 is 0. The van der Waals surface area contributed by atoms with E-state index in [0.717, 1.165) is 42.4 Å². The highest BCUT2D eigenvalue weighted by Crippen LogP contribution is 2.47. The molecule has 0 nitrogen and oxygen atoms in total. The molecule has 1 radical (unpaired) electrons. The third-order valence-electron chi connectivity index (χ3n) is 10.1. The first-order chi connectivity index (χ1) is 16.8. The van der Waals surface area contributed by atoms with Gasteiger partial charge in [0.2, 0.25) is 0 Å². The van der Waals surface area contributed by atoms with Crippen LogP contribution in [0.4, 0.5) is 0 Å². The van der Waals surface area contributed by atoms with Gasteiger partial charge < -0.3 is 0 Å². The van der Waals surface area contributed by atoms with Crippen LogP contribution in [-0.2, 0) is 0 Å². The summed E-state index contributed by atoms with van der Waals surface area (Å²) in [6.07, 6.45) is 14.4. The van der Waals surface area contributed by atoms with Crippen molar-refractivity contribution < 1.29 is 0 Å². The van der Waals surface area contributed by atoms with Crippen molar-refractivity contribution in [2.24, 2.45) is 35.5 Å². The zero-order chi connectivity index (χ0) is 25.5. The molecule has 0 N–H and O–H groups in total. The first kappa shape index (κ1) is 30.9. The van der Waals surface area contributed by atoms with Crippen molar-refractivity contribution in [2.45, 2.75) is 127 Å². The molecule has 1 fully saturated rings. The van der Waals surface area contributed by atoms with E-state index < -0.39 is 0 Å². The van der Waals surface area contributed by atoms with Crippen LogP contribution in [0.3, 0.4) is 0 Å². The molecule has 0 heterocycles. The molecule has 0 aliphatic heterocycles. The summed E-state index contributed by atoms with van der Waals surface area (Å²) in [5, 5.41) is 0. The fourth-order valence-electron chi connectivity index (χ4n) is 7.70. The van der Waals surface area contributed by atoms with Crippen LogP contribution in [0.15, 0.2) is 53.1 Å². The largest absolute Gasteiger partial charge is 0.0776 e. The van der Waals surface area contributed by atoms with Crippen molar-refractivity contribution in [1.82, 2.24) is 0 Å². The van der Waals surface area contributed by atoms with Gasteiger partial charge >= 0.3 is 0 Å². The summed E-state index contributed by atoms with van der Waals surface area (Å²) in [5.41, 5.74) is 6.42. The summed E-state index contributed by atoms with van der Waals surface area (Å²) in [4.78, 5) is 0. The van der Waals surface area contributed by atoms with E-state index in [4.69, 9.17) is 0 Å². The zero-order valence-electron chi connectivity index (χ0n) is 24.4. The lowest BCUT2D eigenvalue weighted by atomic mass is 9.73. The number of hydrogen-bond donors (Lipinski definition) is 0. The van der Waals surface area contributed by atoms with E-state index in [2.05, 4.69) is 91.8 Å². The number of hydrogen-bond acceptors (Lipinski definition) is 0. The second-order valence-electron chi connectivity index (χ2n) is 12.3.